The number of ether oxygens (including phenoxy) is 3. The summed E-state index contributed by atoms with van der Waals surface area (Å²) in [5.74, 6) is 1.52. The molecule has 0 N–H and O–H groups in total. The first-order valence-corrected chi connectivity index (χ1v) is 6.56. The van der Waals surface area contributed by atoms with Gasteiger partial charge in [-0.2, -0.15) is 0 Å². The molecule has 110 valence electrons. The lowest BCUT2D eigenvalue weighted by Gasteiger charge is -2.26. The van der Waals surface area contributed by atoms with Crippen molar-refractivity contribution in [2.24, 2.45) is 0 Å². The van der Waals surface area contributed by atoms with Crippen LogP contribution in [0.4, 0.5) is 0 Å². The predicted octanol–water partition coefficient (Wildman–Crippen LogP) is 1.74. The van der Waals surface area contributed by atoms with Crippen molar-refractivity contribution in [1.29, 1.82) is 0 Å². The second kappa shape index (κ2) is 6.92. The third kappa shape index (κ3) is 3.42. The number of benzene rings is 1. The SMILES string of the molecule is Cl.O=C(CCN1CCOCC1)c1ccc2c(c1)OCO2. The van der Waals surface area contributed by atoms with Gasteiger partial charge in [0.25, 0.3) is 0 Å². The number of rotatable bonds is 4. The molecule has 0 unspecified atom stereocenters. The minimum absolute atomic E-state index is 0. The molecule has 2 aliphatic heterocycles. The molecule has 0 radical (unpaired) electrons. The predicted molar refractivity (Wildman–Crippen MR) is 76.0 cm³/mol. The molecule has 1 aromatic rings. The summed E-state index contributed by atoms with van der Waals surface area (Å²) in [5, 5.41) is 0. The molecule has 20 heavy (non-hydrogen) atoms. The van der Waals surface area contributed by atoms with Crippen LogP contribution in [0, 0.1) is 0 Å². The molecule has 0 saturated carbocycles. The zero-order chi connectivity index (χ0) is 13.1. The Balaban J connectivity index is 0.00000147. The van der Waals surface area contributed by atoms with Gasteiger partial charge in [-0.3, -0.25) is 9.69 Å². The van der Waals surface area contributed by atoms with Gasteiger partial charge in [0, 0.05) is 31.6 Å². The number of hydrogen-bond acceptors (Lipinski definition) is 5. The van der Waals surface area contributed by atoms with Crippen LogP contribution in [-0.4, -0.2) is 50.3 Å². The number of carbonyl (C=O) groups excluding carboxylic acids is 1. The number of morpholine rings is 1. The number of nitrogens with zero attached hydrogens (tertiary/aromatic N) is 1. The molecule has 0 aliphatic carbocycles. The Morgan fingerprint density at radius 2 is 1.90 bits per heavy atom. The highest BCUT2D eigenvalue weighted by Crippen LogP contribution is 2.32. The van der Waals surface area contributed by atoms with E-state index < -0.39 is 0 Å². The summed E-state index contributed by atoms with van der Waals surface area (Å²) < 4.78 is 15.8. The van der Waals surface area contributed by atoms with E-state index in [0.29, 0.717) is 23.5 Å². The van der Waals surface area contributed by atoms with E-state index in [2.05, 4.69) is 4.90 Å². The quantitative estimate of drug-likeness (QED) is 0.793. The maximum Gasteiger partial charge on any atom is 0.231 e. The van der Waals surface area contributed by atoms with E-state index >= 15 is 0 Å². The van der Waals surface area contributed by atoms with Gasteiger partial charge in [0.1, 0.15) is 0 Å². The number of fused-ring (bicyclic) bond motifs is 1. The van der Waals surface area contributed by atoms with Gasteiger partial charge in [0.2, 0.25) is 6.79 Å². The van der Waals surface area contributed by atoms with Crippen LogP contribution in [0.1, 0.15) is 16.8 Å². The van der Waals surface area contributed by atoms with E-state index in [1.54, 1.807) is 18.2 Å². The van der Waals surface area contributed by atoms with Crippen molar-refractivity contribution in [2.75, 3.05) is 39.6 Å². The van der Waals surface area contributed by atoms with Gasteiger partial charge < -0.3 is 14.2 Å². The minimum atomic E-state index is 0. The van der Waals surface area contributed by atoms with Crippen molar-refractivity contribution in [1.82, 2.24) is 4.90 Å². The van der Waals surface area contributed by atoms with E-state index in [0.717, 1.165) is 32.8 Å². The molecule has 2 aliphatic rings. The zero-order valence-electron chi connectivity index (χ0n) is 11.2. The van der Waals surface area contributed by atoms with Crippen LogP contribution in [0.2, 0.25) is 0 Å². The topological polar surface area (TPSA) is 48.0 Å². The molecule has 1 aromatic carbocycles. The van der Waals surface area contributed by atoms with Crippen LogP contribution >= 0.6 is 12.4 Å². The second-order valence-corrected chi connectivity index (χ2v) is 4.70. The molecule has 5 nitrogen and oxygen atoms in total. The molecule has 0 amide bonds. The fraction of sp³-hybridized carbons (Fsp3) is 0.500. The lowest BCUT2D eigenvalue weighted by atomic mass is 10.1. The molecule has 6 heteroatoms. The van der Waals surface area contributed by atoms with Gasteiger partial charge in [-0.05, 0) is 18.2 Å². The van der Waals surface area contributed by atoms with Gasteiger partial charge in [-0.25, -0.2) is 0 Å². The molecule has 2 heterocycles. The highest BCUT2D eigenvalue weighted by Gasteiger charge is 2.17. The first-order valence-electron chi connectivity index (χ1n) is 6.56. The lowest BCUT2D eigenvalue weighted by Crippen LogP contribution is -2.37. The minimum Gasteiger partial charge on any atom is -0.454 e. The van der Waals surface area contributed by atoms with Crippen molar-refractivity contribution in [3.63, 3.8) is 0 Å². The standard InChI is InChI=1S/C14H17NO4.ClH/c16-12(3-4-15-5-7-17-8-6-15)11-1-2-13-14(9-11)19-10-18-13;/h1-2,9H,3-8,10H2;1H. The molecule has 0 spiro atoms. The Hall–Kier alpha value is -1.30. The molecular formula is C14H18ClNO4. The zero-order valence-corrected chi connectivity index (χ0v) is 12.0. The van der Waals surface area contributed by atoms with E-state index in [9.17, 15) is 4.79 Å². The Bertz CT molecular complexity index is 474. The van der Waals surface area contributed by atoms with Crippen molar-refractivity contribution >= 4 is 18.2 Å². The Morgan fingerprint density at radius 3 is 2.70 bits per heavy atom. The molecule has 0 atom stereocenters. The van der Waals surface area contributed by atoms with Crippen LogP contribution in [0.5, 0.6) is 11.5 Å². The molecule has 1 saturated heterocycles. The monoisotopic (exact) mass is 299 g/mol. The van der Waals surface area contributed by atoms with E-state index in [1.807, 2.05) is 0 Å². The van der Waals surface area contributed by atoms with E-state index in [1.165, 1.54) is 0 Å². The highest BCUT2D eigenvalue weighted by atomic mass is 35.5. The maximum atomic E-state index is 12.1. The van der Waals surface area contributed by atoms with Gasteiger partial charge >= 0.3 is 0 Å². The first-order chi connectivity index (χ1) is 9.33. The summed E-state index contributed by atoms with van der Waals surface area (Å²) in [6.07, 6.45) is 0.527. The van der Waals surface area contributed by atoms with Crippen molar-refractivity contribution < 1.29 is 19.0 Å². The fourth-order valence-corrected chi connectivity index (χ4v) is 2.30. The highest BCUT2D eigenvalue weighted by molar-refractivity contribution is 5.96. The Kier molecular flexibility index (Phi) is 5.23. The number of carbonyl (C=O) groups is 1. The van der Waals surface area contributed by atoms with Gasteiger partial charge in [0.05, 0.1) is 13.2 Å². The van der Waals surface area contributed by atoms with E-state index in [4.69, 9.17) is 14.2 Å². The average molecular weight is 300 g/mol. The summed E-state index contributed by atoms with van der Waals surface area (Å²) in [7, 11) is 0. The summed E-state index contributed by atoms with van der Waals surface area (Å²) in [6.45, 7) is 4.37. The normalized spacial score (nSPS) is 17.6. The van der Waals surface area contributed by atoms with Gasteiger partial charge in [0.15, 0.2) is 17.3 Å². The van der Waals surface area contributed by atoms with Crippen LogP contribution in [0.3, 0.4) is 0 Å². The van der Waals surface area contributed by atoms with Crippen molar-refractivity contribution in [2.45, 2.75) is 6.42 Å². The number of hydrogen-bond donors (Lipinski definition) is 0. The third-order valence-electron chi connectivity index (χ3n) is 3.45. The van der Waals surface area contributed by atoms with E-state index in [-0.39, 0.29) is 25.0 Å². The van der Waals surface area contributed by atoms with Gasteiger partial charge in [-0.15, -0.1) is 12.4 Å². The van der Waals surface area contributed by atoms with Crippen LogP contribution < -0.4 is 9.47 Å². The molecule has 3 rings (SSSR count). The van der Waals surface area contributed by atoms with Crippen molar-refractivity contribution in [3.8, 4) is 11.5 Å². The lowest BCUT2D eigenvalue weighted by molar-refractivity contribution is 0.0370. The smallest absolute Gasteiger partial charge is 0.231 e. The number of Topliss-reactive ketones (excluding diaryl/α,β-unsaturated/α-hetero) is 1. The molecular weight excluding hydrogens is 282 g/mol. The number of ketones is 1. The summed E-state index contributed by atoms with van der Waals surface area (Å²) in [4.78, 5) is 14.4. The maximum absolute atomic E-state index is 12.1. The van der Waals surface area contributed by atoms with Crippen LogP contribution in [0.15, 0.2) is 18.2 Å². The Morgan fingerprint density at radius 1 is 1.15 bits per heavy atom. The third-order valence-corrected chi connectivity index (χ3v) is 3.45. The molecule has 0 bridgehead atoms. The van der Waals surface area contributed by atoms with Gasteiger partial charge in [-0.1, -0.05) is 0 Å². The summed E-state index contributed by atoms with van der Waals surface area (Å²) in [5.41, 5.74) is 0.692. The summed E-state index contributed by atoms with van der Waals surface area (Å²) >= 11 is 0. The largest absolute Gasteiger partial charge is 0.454 e. The van der Waals surface area contributed by atoms with Crippen LogP contribution in [0.25, 0.3) is 0 Å². The first kappa shape index (κ1) is 15.1. The summed E-state index contributed by atoms with van der Waals surface area (Å²) in [6, 6.07) is 5.36. The van der Waals surface area contributed by atoms with Crippen molar-refractivity contribution in [3.05, 3.63) is 23.8 Å². The molecule has 1 fully saturated rings. The van der Waals surface area contributed by atoms with Crippen LogP contribution in [-0.2, 0) is 4.74 Å². The molecule has 0 aromatic heterocycles. The Labute approximate surface area is 124 Å². The average Bonchev–Trinajstić information content (AvgIpc) is 2.93. The number of halogens is 1. The second-order valence-electron chi connectivity index (χ2n) is 4.70. The fourth-order valence-electron chi connectivity index (χ4n) is 2.30.